The standard InChI is InChI=1S/C29H30ClN3O4/c30-23-12-13-26-25(18-23)29(36)32-14-7-16-33(20-27(34)31-15-17-37-26)28(35)19-24(21-8-3-1-4-9-21)22-10-5-2-6-11-22/h1-6,8-13,18,24H,7,14-17,19-20H2,(H,31,34)(H,32,36). The van der Waals surface area contributed by atoms with Crippen LogP contribution < -0.4 is 15.4 Å². The summed E-state index contributed by atoms with van der Waals surface area (Å²) in [5.74, 6) is -0.423. The topological polar surface area (TPSA) is 87.7 Å². The average Bonchev–Trinajstić information content (AvgIpc) is 2.92. The zero-order valence-electron chi connectivity index (χ0n) is 20.5. The molecule has 0 saturated heterocycles. The number of ether oxygens (including phenoxy) is 1. The Morgan fingerprint density at radius 2 is 1.59 bits per heavy atom. The smallest absolute Gasteiger partial charge is 0.255 e. The summed E-state index contributed by atoms with van der Waals surface area (Å²) in [5.41, 5.74) is 2.41. The predicted octanol–water partition coefficient (Wildman–Crippen LogP) is 4.02. The molecule has 7 nitrogen and oxygen atoms in total. The molecular formula is C29H30ClN3O4. The molecule has 3 aromatic carbocycles. The van der Waals surface area contributed by atoms with Gasteiger partial charge in [0.2, 0.25) is 11.8 Å². The first kappa shape index (κ1) is 26.2. The SMILES string of the molecule is O=C1CN(C(=O)CC(c2ccccc2)c2ccccc2)CCCNC(=O)c2cc(Cl)ccc2OCCN1. The number of carbonyl (C=O) groups excluding carboxylic acids is 3. The molecule has 0 saturated carbocycles. The molecule has 1 aliphatic heterocycles. The lowest BCUT2D eigenvalue weighted by Gasteiger charge is -2.26. The number of nitrogens with zero attached hydrogens (tertiary/aromatic N) is 1. The third kappa shape index (κ3) is 7.33. The Balaban J connectivity index is 1.49. The number of hydrogen-bond donors (Lipinski definition) is 2. The highest BCUT2D eigenvalue weighted by Gasteiger charge is 2.24. The molecule has 0 bridgehead atoms. The van der Waals surface area contributed by atoms with Gasteiger partial charge in [0, 0.05) is 30.5 Å². The number of carbonyl (C=O) groups is 3. The van der Waals surface area contributed by atoms with E-state index in [1.807, 2.05) is 60.7 Å². The van der Waals surface area contributed by atoms with Gasteiger partial charge in [0.05, 0.1) is 18.7 Å². The molecule has 1 aliphatic rings. The van der Waals surface area contributed by atoms with Gasteiger partial charge in [0.15, 0.2) is 0 Å². The summed E-state index contributed by atoms with van der Waals surface area (Å²) in [6.45, 7) is 1.01. The number of nitrogens with one attached hydrogen (secondary N) is 2. The molecule has 37 heavy (non-hydrogen) atoms. The lowest BCUT2D eigenvalue weighted by Crippen LogP contribution is -2.43. The maximum absolute atomic E-state index is 13.5. The second-order valence-electron chi connectivity index (χ2n) is 8.84. The number of halogens is 1. The summed E-state index contributed by atoms with van der Waals surface area (Å²) in [4.78, 5) is 40.5. The van der Waals surface area contributed by atoms with Gasteiger partial charge in [-0.15, -0.1) is 0 Å². The van der Waals surface area contributed by atoms with Gasteiger partial charge in [0.1, 0.15) is 12.4 Å². The first-order valence-electron chi connectivity index (χ1n) is 12.4. The van der Waals surface area contributed by atoms with E-state index in [1.165, 1.54) is 0 Å². The van der Waals surface area contributed by atoms with E-state index in [0.29, 0.717) is 35.8 Å². The molecule has 0 unspecified atom stereocenters. The number of rotatable bonds is 4. The largest absolute Gasteiger partial charge is 0.491 e. The molecule has 0 spiro atoms. The minimum absolute atomic E-state index is 0.0602. The van der Waals surface area contributed by atoms with Crippen molar-refractivity contribution in [3.63, 3.8) is 0 Å². The van der Waals surface area contributed by atoms with E-state index in [1.54, 1.807) is 23.1 Å². The number of amides is 3. The van der Waals surface area contributed by atoms with Gasteiger partial charge in [0.25, 0.3) is 5.91 Å². The van der Waals surface area contributed by atoms with Crippen LogP contribution in [0.25, 0.3) is 0 Å². The van der Waals surface area contributed by atoms with Crippen molar-refractivity contribution in [2.45, 2.75) is 18.8 Å². The van der Waals surface area contributed by atoms with Crippen LogP contribution >= 0.6 is 11.6 Å². The third-order valence-electron chi connectivity index (χ3n) is 6.23. The molecule has 4 rings (SSSR count). The van der Waals surface area contributed by atoms with Gasteiger partial charge in [-0.25, -0.2) is 0 Å². The van der Waals surface area contributed by atoms with Crippen molar-refractivity contribution in [2.24, 2.45) is 0 Å². The van der Waals surface area contributed by atoms with Crippen LogP contribution in [-0.4, -0.2) is 55.4 Å². The highest BCUT2D eigenvalue weighted by Crippen LogP contribution is 2.29. The Morgan fingerprint density at radius 3 is 2.27 bits per heavy atom. The minimum atomic E-state index is -0.301. The highest BCUT2D eigenvalue weighted by atomic mass is 35.5. The molecule has 3 aromatic rings. The van der Waals surface area contributed by atoms with Crippen LogP contribution in [0.5, 0.6) is 5.75 Å². The van der Waals surface area contributed by atoms with Crippen molar-refractivity contribution in [2.75, 3.05) is 32.8 Å². The zero-order chi connectivity index (χ0) is 26.0. The van der Waals surface area contributed by atoms with Gasteiger partial charge >= 0.3 is 0 Å². The molecule has 1 heterocycles. The van der Waals surface area contributed by atoms with E-state index in [4.69, 9.17) is 16.3 Å². The van der Waals surface area contributed by atoms with E-state index in [-0.39, 0.29) is 49.8 Å². The van der Waals surface area contributed by atoms with Crippen LogP contribution in [0.15, 0.2) is 78.9 Å². The molecule has 8 heteroatoms. The van der Waals surface area contributed by atoms with E-state index >= 15 is 0 Å². The summed E-state index contributed by atoms with van der Waals surface area (Å²) >= 11 is 6.08. The second-order valence-corrected chi connectivity index (χ2v) is 9.28. The van der Waals surface area contributed by atoms with Crippen molar-refractivity contribution in [3.8, 4) is 5.75 Å². The van der Waals surface area contributed by atoms with Crippen LogP contribution in [0, 0.1) is 0 Å². The van der Waals surface area contributed by atoms with E-state index in [9.17, 15) is 14.4 Å². The Hall–Kier alpha value is -3.84. The lowest BCUT2D eigenvalue weighted by atomic mass is 9.88. The molecule has 3 amide bonds. The summed E-state index contributed by atoms with van der Waals surface area (Å²) in [7, 11) is 0. The van der Waals surface area contributed by atoms with Crippen LogP contribution in [0.2, 0.25) is 5.02 Å². The van der Waals surface area contributed by atoms with E-state index in [0.717, 1.165) is 11.1 Å². The van der Waals surface area contributed by atoms with Gasteiger partial charge in [-0.1, -0.05) is 72.3 Å². The third-order valence-corrected chi connectivity index (χ3v) is 6.46. The fourth-order valence-corrected chi connectivity index (χ4v) is 4.52. The van der Waals surface area contributed by atoms with Crippen molar-refractivity contribution >= 4 is 29.3 Å². The molecule has 0 radical (unpaired) electrons. The number of benzene rings is 3. The molecule has 0 atom stereocenters. The Kier molecular flexibility index (Phi) is 9.16. The Bertz CT molecular complexity index is 1180. The first-order valence-corrected chi connectivity index (χ1v) is 12.7. The Morgan fingerprint density at radius 1 is 0.919 bits per heavy atom. The maximum Gasteiger partial charge on any atom is 0.255 e. The molecular weight excluding hydrogens is 490 g/mol. The Labute approximate surface area is 221 Å². The normalized spacial score (nSPS) is 15.1. The zero-order valence-corrected chi connectivity index (χ0v) is 21.2. The van der Waals surface area contributed by atoms with Crippen molar-refractivity contribution in [1.82, 2.24) is 15.5 Å². The number of hydrogen-bond acceptors (Lipinski definition) is 4. The molecule has 0 aliphatic carbocycles. The van der Waals surface area contributed by atoms with Crippen LogP contribution in [0.4, 0.5) is 0 Å². The van der Waals surface area contributed by atoms with Gasteiger partial charge in [-0.3, -0.25) is 14.4 Å². The first-order chi connectivity index (χ1) is 18.0. The van der Waals surface area contributed by atoms with Gasteiger partial charge in [-0.2, -0.15) is 0 Å². The highest BCUT2D eigenvalue weighted by molar-refractivity contribution is 6.31. The molecule has 0 fully saturated rings. The second kappa shape index (κ2) is 12.9. The predicted molar refractivity (Wildman–Crippen MR) is 143 cm³/mol. The molecule has 2 N–H and O–H groups in total. The summed E-state index contributed by atoms with van der Waals surface area (Å²) in [5, 5.41) is 6.10. The van der Waals surface area contributed by atoms with Gasteiger partial charge in [-0.05, 0) is 35.7 Å². The van der Waals surface area contributed by atoms with Crippen LogP contribution in [-0.2, 0) is 9.59 Å². The van der Waals surface area contributed by atoms with E-state index in [2.05, 4.69) is 10.6 Å². The monoisotopic (exact) mass is 519 g/mol. The summed E-state index contributed by atoms with van der Waals surface area (Å²) < 4.78 is 5.72. The maximum atomic E-state index is 13.5. The number of fused-ring (bicyclic) bond motifs is 1. The quantitative estimate of drug-likeness (QED) is 0.545. The molecule has 192 valence electrons. The molecule has 0 aromatic heterocycles. The minimum Gasteiger partial charge on any atom is -0.491 e. The average molecular weight is 520 g/mol. The summed E-state index contributed by atoms with van der Waals surface area (Å²) in [6.07, 6.45) is 0.714. The van der Waals surface area contributed by atoms with Crippen molar-refractivity contribution in [3.05, 3.63) is 101 Å². The van der Waals surface area contributed by atoms with Gasteiger partial charge < -0.3 is 20.3 Å². The van der Waals surface area contributed by atoms with Crippen molar-refractivity contribution < 1.29 is 19.1 Å². The van der Waals surface area contributed by atoms with Crippen LogP contribution in [0.3, 0.4) is 0 Å². The lowest BCUT2D eigenvalue weighted by molar-refractivity contribution is -0.136. The summed E-state index contributed by atoms with van der Waals surface area (Å²) in [6, 6.07) is 24.6. The van der Waals surface area contributed by atoms with Crippen molar-refractivity contribution in [1.29, 1.82) is 0 Å². The van der Waals surface area contributed by atoms with E-state index < -0.39 is 0 Å². The van der Waals surface area contributed by atoms with Crippen LogP contribution in [0.1, 0.15) is 40.2 Å². The fraction of sp³-hybridized carbons (Fsp3) is 0.276. The fourth-order valence-electron chi connectivity index (χ4n) is 4.35.